The summed E-state index contributed by atoms with van der Waals surface area (Å²) in [6.07, 6.45) is 0.680. The highest BCUT2D eigenvalue weighted by Gasteiger charge is 2.37. The van der Waals surface area contributed by atoms with Gasteiger partial charge in [-0.05, 0) is 40.5 Å². The lowest BCUT2D eigenvalue weighted by Crippen LogP contribution is -2.33. The number of fused-ring (bicyclic) bond motifs is 6. The zero-order valence-electron chi connectivity index (χ0n) is 21.8. The van der Waals surface area contributed by atoms with E-state index in [1.807, 2.05) is 48.5 Å². The molecule has 200 valence electrons. The van der Waals surface area contributed by atoms with Gasteiger partial charge in [0, 0.05) is 54.8 Å². The molecule has 0 saturated carbocycles. The third-order valence-electron chi connectivity index (χ3n) is 8.37. The number of phenols is 2. The summed E-state index contributed by atoms with van der Waals surface area (Å²) in [5, 5.41) is 24.7. The number of carbonyl (C=O) groups excluding carboxylic acids is 2. The fraction of sp³-hybridized carbons (Fsp3) is 0.188. The summed E-state index contributed by atoms with van der Waals surface area (Å²) < 4.78 is 1.62. The van der Waals surface area contributed by atoms with Crippen LogP contribution in [-0.4, -0.2) is 45.6 Å². The molecule has 5 aromatic rings. The Hall–Kier alpha value is -4.49. The maximum absolute atomic E-state index is 13.9. The summed E-state index contributed by atoms with van der Waals surface area (Å²) in [7, 11) is 1.71. The van der Waals surface area contributed by atoms with Gasteiger partial charge in [0.1, 0.15) is 22.9 Å². The number of anilines is 2. The van der Waals surface area contributed by atoms with Crippen molar-refractivity contribution in [2.24, 2.45) is 7.05 Å². The Morgan fingerprint density at radius 2 is 1.35 bits per heavy atom. The van der Waals surface area contributed by atoms with Gasteiger partial charge in [-0.15, -0.1) is 11.6 Å². The molecule has 2 aliphatic rings. The number of aromatic hydroxyl groups is 2. The summed E-state index contributed by atoms with van der Waals surface area (Å²) in [5.74, 6) is -0.0216. The standard InChI is InChI=1S/C32H26ClN3O4/c1-34-24(31(39)35-13-12-20-19-6-2-3-7-21(19)28(37)14-26(20)35)10-11-25(34)32(40)36-17-18(16-33)30-23-9-5-4-8-22(23)29(38)15-27(30)36/h2-11,14-15,18,37-38H,12-13,16-17H2,1H3/t18-/m1/s1. The number of amides is 2. The molecule has 0 spiro atoms. The molecule has 0 bridgehead atoms. The Balaban J connectivity index is 1.24. The lowest BCUT2D eigenvalue weighted by Gasteiger charge is -2.21. The van der Waals surface area contributed by atoms with Crippen molar-refractivity contribution >= 4 is 56.3 Å². The van der Waals surface area contributed by atoms with E-state index in [4.69, 9.17) is 11.6 Å². The van der Waals surface area contributed by atoms with Crippen molar-refractivity contribution in [3.63, 3.8) is 0 Å². The van der Waals surface area contributed by atoms with Gasteiger partial charge in [0.05, 0.1) is 11.4 Å². The number of rotatable bonds is 3. The molecular weight excluding hydrogens is 526 g/mol. The van der Waals surface area contributed by atoms with E-state index in [1.165, 1.54) is 0 Å². The average molecular weight is 552 g/mol. The first kappa shape index (κ1) is 24.5. The van der Waals surface area contributed by atoms with Crippen LogP contribution in [0.4, 0.5) is 11.4 Å². The van der Waals surface area contributed by atoms with Gasteiger partial charge in [-0.3, -0.25) is 9.59 Å². The van der Waals surface area contributed by atoms with Crippen molar-refractivity contribution in [1.29, 1.82) is 0 Å². The van der Waals surface area contributed by atoms with Gasteiger partial charge in [0.15, 0.2) is 0 Å². The van der Waals surface area contributed by atoms with Gasteiger partial charge in [-0.2, -0.15) is 0 Å². The molecule has 1 aromatic heterocycles. The molecule has 7 rings (SSSR count). The highest BCUT2D eigenvalue weighted by atomic mass is 35.5. The van der Waals surface area contributed by atoms with Gasteiger partial charge < -0.3 is 24.6 Å². The molecule has 1 atom stereocenters. The summed E-state index contributed by atoms with van der Waals surface area (Å²) in [6.45, 7) is 0.866. The number of hydrogen-bond donors (Lipinski definition) is 2. The molecule has 0 radical (unpaired) electrons. The predicted molar refractivity (Wildman–Crippen MR) is 157 cm³/mol. The van der Waals surface area contributed by atoms with Crippen LogP contribution in [0.1, 0.15) is 38.0 Å². The van der Waals surface area contributed by atoms with Crippen LogP contribution in [0.2, 0.25) is 0 Å². The third-order valence-corrected chi connectivity index (χ3v) is 8.74. The van der Waals surface area contributed by atoms with Crippen LogP contribution in [-0.2, 0) is 13.5 Å². The average Bonchev–Trinajstić information content (AvgIpc) is 3.68. The molecule has 4 aromatic carbocycles. The molecule has 2 amide bonds. The molecule has 0 aliphatic carbocycles. The first-order chi connectivity index (χ1) is 19.4. The number of carbonyl (C=O) groups is 2. The van der Waals surface area contributed by atoms with Gasteiger partial charge in [-0.1, -0.05) is 48.5 Å². The van der Waals surface area contributed by atoms with Crippen LogP contribution in [0.3, 0.4) is 0 Å². The highest BCUT2D eigenvalue weighted by molar-refractivity contribution is 6.19. The molecule has 2 N–H and O–H groups in total. The quantitative estimate of drug-likeness (QED) is 0.272. The maximum atomic E-state index is 13.9. The number of hydrogen-bond acceptors (Lipinski definition) is 4. The number of benzene rings is 4. The van der Waals surface area contributed by atoms with E-state index >= 15 is 0 Å². The van der Waals surface area contributed by atoms with Gasteiger partial charge in [0.25, 0.3) is 11.8 Å². The van der Waals surface area contributed by atoms with Crippen molar-refractivity contribution in [1.82, 2.24) is 4.57 Å². The first-order valence-electron chi connectivity index (χ1n) is 13.2. The molecule has 2 aliphatic heterocycles. The smallest absolute Gasteiger partial charge is 0.274 e. The number of alkyl halides is 1. The van der Waals surface area contributed by atoms with Gasteiger partial charge in [-0.25, -0.2) is 0 Å². The summed E-state index contributed by atoms with van der Waals surface area (Å²) in [5.41, 5.74) is 4.03. The predicted octanol–water partition coefficient (Wildman–Crippen LogP) is 5.93. The second-order valence-electron chi connectivity index (χ2n) is 10.4. The zero-order chi connectivity index (χ0) is 27.7. The van der Waals surface area contributed by atoms with Crippen LogP contribution in [0, 0.1) is 0 Å². The molecule has 7 nitrogen and oxygen atoms in total. The Labute approximate surface area is 235 Å². The molecule has 40 heavy (non-hydrogen) atoms. The van der Waals surface area contributed by atoms with E-state index in [0.717, 1.165) is 32.7 Å². The third kappa shape index (κ3) is 3.44. The van der Waals surface area contributed by atoms with Crippen molar-refractivity contribution in [2.75, 3.05) is 28.8 Å². The van der Waals surface area contributed by atoms with Gasteiger partial charge >= 0.3 is 0 Å². The van der Waals surface area contributed by atoms with Gasteiger partial charge in [0.2, 0.25) is 0 Å². The number of halogens is 1. The Kier molecular flexibility index (Phi) is 5.54. The van der Waals surface area contributed by atoms with E-state index in [9.17, 15) is 19.8 Å². The fourth-order valence-electron chi connectivity index (χ4n) is 6.42. The van der Waals surface area contributed by atoms with Crippen LogP contribution in [0.5, 0.6) is 11.5 Å². The largest absolute Gasteiger partial charge is 0.507 e. The maximum Gasteiger partial charge on any atom is 0.274 e. The second-order valence-corrected chi connectivity index (χ2v) is 10.8. The summed E-state index contributed by atoms with van der Waals surface area (Å²) in [6, 6.07) is 21.8. The molecular formula is C32H26ClN3O4. The molecule has 8 heteroatoms. The SMILES string of the molecule is Cn1c(C(=O)N2CCc3c2cc(O)c2ccccc32)ccc1C(=O)N1C[C@@H](CCl)c2c1cc(O)c1ccccc21. The Morgan fingerprint density at radius 3 is 2.00 bits per heavy atom. The number of nitrogens with zero attached hydrogens (tertiary/aromatic N) is 3. The minimum absolute atomic E-state index is 0.0870. The van der Waals surface area contributed by atoms with E-state index in [-0.39, 0.29) is 29.2 Å². The minimum Gasteiger partial charge on any atom is -0.507 e. The summed E-state index contributed by atoms with van der Waals surface area (Å²) in [4.78, 5) is 31.0. The van der Waals surface area contributed by atoms with Crippen molar-refractivity contribution in [3.05, 3.63) is 95.3 Å². The van der Waals surface area contributed by atoms with E-state index in [2.05, 4.69) is 0 Å². The Bertz CT molecular complexity index is 1880. The molecule has 0 unspecified atom stereocenters. The summed E-state index contributed by atoms with van der Waals surface area (Å²) >= 11 is 6.36. The minimum atomic E-state index is -0.268. The van der Waals surface area contributed by atoms with E-state index in [0.29, 0.717) is 48.2 Å². The highest BCUT2D eigenvalue weighted by Crippen LogP contribution is 2.46. The van der Waals surface area contributed by atoms with E-state index in [1.54, 1.807) is 45.7 Å². The van der Waals surface area contributed by atoms with Crippen molar-refractivity contribution < 1.29 is 19.8 Å². The van der Waals surface area contributed by atoms with Crippen LogP contribution < -0.4 is 9.80 Å². The van der Waals surface area contributed by atoms with Crippen LogP contribution in [0.15, 0.2) is 72.8 Å². The fourth-order valence-corrected chi connectivity index (χ4v) is 6.67. The Morgan fingerprint density at radius 1 is 0.800 bits per heavy atom. The molecule has 3 heterocycles. The first-order valence-corrected chi connectivity index (χ1v) is 13.8. The van der Waals surface area contributed by atoms with Crippen molar-refractivity contribution in [3.8, 4) is 11.5 Å². The second kappa shape index (κ2) is 9.03. The molecule has 0 saturated heterocycles. The van der Waals surface area contributed by atoms with E-state index < -0.39 is 0 Å². The normalized spacial score (nSPS) is 16.1. The topological polar surface area (TPSA) is 86.0 Å². The van der Waals surface area contributed by atoms with Crippen LogP contribution >= 0.6 is 11.6 Å². The lowest BCUT2D eigenvalue weighted by atomic mass is 9.95. The monoisotopic (exact) mass is 551 g/mol. The molecule has 0 fully saturated rings. The lowest BCUT2D eigenvalue weighted by molar-refractivity contribution is 0.0976. The number of aromatic nitrogens is 1. The zero-order valence-corrected chi connectivity index (χ0v) is 22.5. The van der Waals surface area contributed by atoms with Crippen molar-refractivity contribution in [2.45, 2.75) is 12.3 Å². The number of phenolic OH excluding ortho intramolecular Hbond substituents is 2. The van der Waals surface area contributed by atoms with Crippen LogP contribution in [0.25, 0.3) is 21.5 Å².